The Bertz CT molecular complexity index is 1560. The lowest BCUT2D eigenvalue weighted by atomic mass is 10.2. The zero-order chi connectivity index (χ0) is 21.7. The Hall–Kier alpha value is -2.90. The number of aromatic nitrogens is 1. The first kappa shape index (κ1) is 20.4. The molecule has 2 aromatic carbocycles. The molecular weight excluding hydrogens is 450 g/mol. The zero-order valence-corrected chi connectivity index (χ0v) is 17.4. The maximum absolute atomic E-state index is 11.7. The van der Waals surface area contributed by atoms with E-state index >= 15 is 0 Å². The molecule has 0 amide bonds. The van der Waals surface area contributed by atoms with Crippen molar-refractivity contribution in [1.82, 2.24) is 4.98 Å². The van der Waals surface area contributed by atoms with Crippen LogP contribution >= 0.6 is 11.3 Å². The van der Waals surface area contributed by atoms with Crippen molar-refractivity contribution >= 4 is 53.2 Å². The molecule has 12 heteroatoms. The van der Waals surface area contributed by atoms with Crippen LogP contribution in [-0.2, 0) is 20.2 Å². The molecule has 0 aromatic heterocycles. The van der Waals surface area contributed by atoms with Crippen LogP contribution in [0, 0.1) is 0 Å². The van der Waals surface area contributed by atoms with Gasteiger partial charge < -0.3 is 5.73 Å². The van der Waals surface area contributed by atoms with E-state index in [1.165, 1.54) is 11.3 Å². The van der Waals surface area contributed by atoms with Crippen molar-refractivity contribution < 1.29 is 25.9 Å². The first-order valence-corrected chi connectivity index (χ1v) is 11.9. The van der Waals surface area contributed by atoms with Crippen molar-refractivity contribution in [3.8, 4) is 10.6 Å². The van der Waals surface area contributed by atoms with Crippen LogP contribution in [-0.4, -0.2) is 30.9 Å². The smallest absolute Gasteiger partial charge is 0.296 e. The maximum atomic E-state index is 11.7. The van der Waals surface area contributed by atoms with E-state index in [4.69, 9.17) is 5.73 Å². The molecule has 0 atom stereocenters. The van der Waals surface area contributed by atoms with Crippen LogP contribution in [0.5, 0.6) is 0 Å². The molecule has 0 bridgehead atoms. The second-order valence-corrected chi connectivity index (χ2v) is 10.2. The van der Waals surface area contributed by atoms with Crippen LogP contribution in [0.25, 0.3) is 20.8 Å². The zero-order valence-electron chi connectivity index (χ0n) is 14.9. The highest BCUT2D eigenvalue weighted by molar-refractivity contribution is 7.86. The van der Waals surface area contributed by atoms with Crippen molar-refractivity contribution in [3.63, 3.8) is 0 Å². The van der Waals surface area contributed by atoms with E-state index in [1.807, 2.05) is 6.07 Å². The molecule has 4 N–H and O–H groups in total. The summed E-state index contributed by atoms with van der Waals surface area (Å²) in [6.07, 6.45) is 0. The standard InChI is InChI=1S/C18H13N3O6S3/c19-10-1-5-16-14(7-10)21-13-4-2-11(8-17(13)28-16)20-15-9-12(29(22,23)24)3-6-18(15)30(25,26)27/h1-9H,19H2,(H,22,23,24)(H,25,26,27). The highest BCUT2D eigenvalue weighted by Gasteiger charge is 2.19. The van der Waals surface area contributed by atoms with Crippen LogP contribution in [0.4, 0.5) is 11.4 Å². The normalized spacial score (nSPS) is 13.2. The van der Waals surface area contributed by atoms with E-state index in [0.29, 0.717) is 16.7 Å². The number of hydrogen-bond donors (Lipinski definition) is 3. The fraction of sp³-hybridized carbons (Fsp3) is 0. The lowest BCUT2D eigenvalue weighted by Gasteiger charge is -2.07. The van der Waals surface area contributed by atoms with Gasteiger partial charge in [0.05, 0.1) is 36.7 Å². The van der Waals surface area contributed by atoms with Crippen molar-refractivity contribution in [1.29, 1.82) is 0 Å². The van der Waals surface area contributed by atoms with Crippen LogP contribution in [0.15, 0.2) is 69.4 Å². The molecule has 0 fully saturated rings. The van der Waals surface area contributed by atoms with Crippen LogP contribution in [0.2, 0.25) is 0 Å². The first-order chi connectivity index (χ1) is 14.0. The van der Waals surface area contributed by atoms with Crippen LogP contribution in [0.1, 0.15) is 0 Å². The van der Waals surface area contributed by atoms with Crippen molar-refractivity contribution in [3.05, 3.63) is 60.0 Å². The highest BCUT2D eigenvalue weighted by atomic mass is 32.2. The van der Waals surface area contributed by atoms with Crippen molar-refractivity contribution in [2.24, 2.45) is 4.99 Å². The SMILES string of the molecule is Nc1ccc2sc3cc(=Nc4cc(S(=O)(=O)O)ccc4S(=O)(=O)O)ccc-3nc2c1. The fourth-order valence-electron chi connectivity index (χ4n) is 2.81. The van der Waals surface area contributed by atoms with Crippen LogP contribution < -0.4 is 11.1 Å². The van der Waals surface area contributed by atoms with Gasteiger partial charge in [0.2, 0.25) is 0 Å². The third-order valence-corrected chi connectivity index (χ3v) is 7.01. The number of nitrogens with two attached hydrogens (primary N) is 1. The quantitative estimate of drug-likeness (QED) is 0.237. The summed E-state index contributed by atoms with van der Waals surface area (Å²) in [6.45, 7) is 0. The minimum Gasteiger partial charge on any atom is -0.399 e. The number of anilines is 1. The van der Waals surface area contributed by atoms with Gasteiger partial charge in [-0.3, -0.25) is 9.11 Å². The highest BCUT2D eigenvalue weighted by Crippen LogP contribution is 2.31. The molecule has 4 rings (SSSR count). The van der Waals surface area contributed by atoms with Gasteiger partial charge in [0.25, 0.3) is 20.2 Å². The Balaban J connectivity index is 1.95. The second kappa shape index (κ2) is 7.11. The summed E-state index contributed by atoms with van der Waals surface area (Å²) in [7, 11) is -9.28. The molecule has 2 aliphatic rings. The number of nitrogen functional groups attached to an aromatic ring is 1. The second-order valence-electron chi connectivity index (χ2n) is 6.28. The number of nitrogens with zero attached hydrogens (tertiary/aromatic N) is 2. The van der Waals surface area contributed by atoms with E-state index in [2.05, 4.69) is 9.98 Å². The predicted octanol–water partition coefficient (Wildman–Crippen LogP) is 2.71. The summed E-state index contributed by atoms with van der Waals surface area (Å²) in [5, 5.41) is 0.299. The van der Waals surface area contributed by atoms with Gasteiger partial charge in [-0.1, -0.05) is 0 Å². The third-order valence-electron chi connectivity index (χ3n) is 4.14. The summed E-state index contributed by atoms with van der Waals surface area (Å²) < 4.78 is 65.7. The number of rotatable bonds is 3. The molecule has 9 nitrogen and oxygen atoms in total. The summed E-state index contributed by atoms with van der Waals surface area (Å²) in [6, 6.07) is 12.8. The molecular formula is C18H13N3O6S3. The van der Waals surface area contributed by atoms with E-state index in [-0.39, 0.29) is 5.69 Å². The third kappa shape index (κ3) is 4.04. The van der Waals surface area contributed by atoms with E-state index < -0.39 is 30.0 Å². The minimum absolute atomic E-state index is 0.299. The lowest BCUT2D eigenvalue weighted by Crippen LogP contribution is -2.05. The molecule has 0 spiro atoms. The van der Waals surface area contributed by atoms with Gasteiger partial charge in [0, 0.05) is 5.69 Å². The Morgan fingerprint density at radius 1 is 0.900 bits per heavy atom. The largest absolute Gasteiger partial charge is 0.399 e. The molecule has 2 aromatic rings. The monoisotopic (exact) mass is 463 g/mol. The predicted molar refractivity (Wildman–Crippen MR) is 112 cm³/mol. The van der Waals surface area contributed by atoms with E-state index in [1.54, 1.807) is 30.3 Å². The van der Waals surface area contributed by atoms with Crippen LogP contribution in [0.3, 0.4) is 0 Å². The van der Waals surface area contributed by atoms with Crippen molar-refractivity contribution in [2.75, 3.05) is 5.73 Å². The van der Waals surface area contributed by atoms with Gasteiger partial charge in [-0.05, 0) is 54.6 Å². The molecule has 0 saturated carbocycles. The van der Waals surface area contributed by atoms with Gasteiger partial charge >= 0.3 is 0 Å². The molecule has 1 heterocycles. The van der Waals surface area contributed by atoms with Gasteiger partial charge in [-0.2, -0.15) is 16.8 Å². The summed E-state index contributed by atoms with van der Waals surface area (Å²) in [5.74, 6) is 0. The molecule has 1 aliphatic heterocycles. The number of fused-ring (bicyclic) bond motifs is 2. The summed E-state index contributed by atoms with van der Waals surface area (Å²) >= 11 is 1.42. The molecule has 1 aliphatic carbocycles. The maximum Gasteiger partial charge on any atom is 0.296 e. The minimum atomic E-state index is -4.68. The number of benzene rings is 3. The average molecular weight is 464 g/mol. The number of hydrogen-bond acceptors (Lipinski definition) is 8. The average Bonchev–Trinajstić information content (AvgIpc) is 2.65. The van der Waals surface area contributed by atoms with E-state index in [9.17, 15) is 25.9 Å². The fourth-order valence-corrected chi connectivity index (χ4v) is 4.89. The van der Waals surface area contributed by atoms with Crippen molar-refractivity contribution in [2.45, 2.75) is 9.79 Å². The van der Waals surface area contributed by atoms with Gasteiger partial charge in [0.15, 0.2) is 0 Å². The summed E-state index contributed by atoms with van der Waals surface area (Å²) in [4.78, 5) is 8.30. The van der Waals surface area contributed by atoms with Gasteiger partial charge in [-0.15, -0.1) is 11.3 Å². The Morgan fingerprint density at radius 2 is 1.67 bits per heavy atom. The van der Waals surface area contributed by atoms with Gasteiger partial charge in [0.1, 0.15) is 4.90 Å². The Kier molecular flexibility index (Phi) is 4.83. The lowest BCUT2D eigenvalue weighted by molar-refractivity contribution is 0.478. The molecule has 154 valence electrons. The topological polar surface area (TPSA) is 160 Å². The van der Waals surface area contributed by atoms with E-state index in [0.717, 1.165) is 33.3 Å². The Morgan fingerprint density at radius 3 is 2.37 bits per heavy atom. The molecule has 30 heavy (non-hydrogen) atoms. The Labute approximate surface area is 175 Å². The molecule has 0 unspecified atom stereocenters. The van der Waals surface area contributed by atoms with Gasteiger partial charge in [-0.25, -0.2) is 9.98 Å². The first-order valence-electron chi connectivity index (χ1n) is 8.25. The molecule has 0 radical (unpaired) electrons. The molecule has 0 saturated heterocycles. The summed E-state index contributed by atoms with van der Waals surface area (Å²) in [5.41, 5.74) is 7.44.